The standard InChI is InChI=1S/C12H23BN2O3/c1-9(16)7-15-8-10(6-14-15)13-18-12(4,5)11(2,3)17/h6,8-9,13,16-17H,7H2,1-5H3. The highest BCUT2D eigenvalue weighted by Gasteiger charge is 2.35. The first-order valence-electron chi connectivity index (χ1n) is 6.17. The SMILES string of the molecule is CC(O)Cn1cc(BOC(C)(C)C(C)(C)O)cn1. The van der Waals surface area contributed by atoms with E-state index in [0.29, 0.717) is 14.0 Å². The van der Waals surface area contributed by atoms with Gasteiger partial charge in [0.25, 0.3) is 0 Å². The van der Waals surface area contributed by atoms with Crippen molar-refractivity contribution in [2.24, 2.45) is 0 Å². The first-order chi connectivity index (χ1) is 8.12. The number of nitrogens with zero attached hydrogens (tertiary/aromatic N) is 2. The molecule has 0 aliphatic heterocycles. The number of aliphatic hydroxyl groups is 2. The topological polar surface area (TPSA) is 67.5 Å². The van der Waals surface area contributed by atoms with Gasteiger partial charge in [-0.3, -0.25) is 4.68 Å². The van der Waals surface area contributed by atoms with Crippen molar-refractivity contribution < 1.29 is 14.9 Å². The molecule has 0 radical (unpaired) electrons. The Morgan fingerprint density at radius 2 is 2.06 bits per heavy atom. The molecule has 2 N–H and O–H groups in total. The Morgan fingerprint density at radius 3 is 2.56 bits per heavy atom. The van der Waals surface area contributed by atoms with Crippen LogP contribution in [-0.2, 0) is 11.2 Å². The molecule has 0 aromatic carbocycles. The maximum absolute atomic E-state index is 9.97. The second kappa shape index (κ2) is 5.42. The molecule has 0 fully saturated rings. The van der Waals surface area contributed by atoms with E-state index in [1.165, 1.54) is 0 Å². The summed E-state index contributed by atoms with van der Waals surface area (Å²) < 4.78 is 7.41. The second-order valence-electron chi connectivity index (χ2n) is 5.78. The summed E-state index contributed by atoms with van der Waals surface area (Å²) in [6.07, 6.45) is 3.13. The molecular weight excluding hydrogens is 231 g/mol. The van der Waals surface area contributed by atoms with E-state index in [1.807, 2.05) is 20.0 Å². The molecule has 18 heavy (non-hydrogen) atoms. The van der Waals surface area contributed by atoms with E-state index in [2.05, 4.69) is 5.10 Å². The molecule has 0 bridgehead atoms. The Bertz CT molecular complexity index is 383. The zero-order valence-electron chi connectivity index (χ0n) is 11.8. The van der Waals surface area contributed by atoms with Crippen LogP contribution in [0.5, 0.6) is 0 Å². The fourth-order valence-corrected chi connectivity index (χ4v) is 1.29. The van der Waals surface area contributed by atoms with Crippen LogP contribution >= 0.6 is 0 Å². The molecule has 1 rings (SSSR count). The minimum Gasteiger partial charge on any atom is -0.427 e. The fourth-order valence-electron chi connectivity index (χ4n) is 1.29. The molecule has 0 amide bonds. The summed E-state index contributed by atoms with van der Waals surface area (Å²) in [4.78, 5) is 0. The van der Waals surface area contributed by atoms with Crippen molar-refractivity contribution in [2.75, 3.05) is 0 Å². The van der Waals surface area contributed by atoms with Crippen LogP contribution in [0, 0.1) is 0 Å². The maximum Gasteiger partial charge on any atom is 0.312 e. The van der Waals surface area contributed by atoms with Gasteiger partial charge in [-0.15, -0.1) is 0 Å². The molecule has 0 saturated heterocycles. The van der Waals surface area contributed by atoms with Crippen LogP contribution < -0.4 is 5.46 Å². The molecular formula is C12H23BN2O3. The van der Waals surface area contributed by atoms with Crippen molar-refractivity contribution in [1.82, 2.24) is 9.78 Å². The lowest BCUT2D eigenvalue weighted by Gasteiger charge is -2.37. The smallest absolute Gasteiger partial charge is 0.312 e. The molecule has 1 heterocycles. The predicted octanol–water partition coefficient (Wildman–Crippen LogP) is -0.193. The highest BCUT2D eigenvalue weighted by Crippen LogP contribution is 2.24. The molecule has 102 valence electrons. The Hall–Kier alpha value is -0.845. The van der Waals surface area contributed by atoms with Crippen molar-refractivity contribution >= 4 is 12.9 Å². The monoisotopic (exact) mass is 254 g/mol. The van der Waals surface area contributed by atoms with E-state index >= 15 is 0 Å². The summed E-state index contributed by atoms with van der Waals surface area (Å²) >= 11 is 0. The molecule has 6 heteroatoms. The predicted molar refractivity (Wildman–Crippen MR) is 72.2 cm³/mol. The second-order valence-corrected chi connectivity index (χ2v) is 5.78. The summed E-state index contributed by atoms with van der Waals surface area (Å²) in [6, 6.07) is 0. The average molecular weight is 254 g/mol. The van der Waals surface area contributed by atoms with E-state index in [-0.39, 0.29) is 0 Å². The molecule has 1 aromatic rings. The van der Waals surface area contributed by atoms with E-state index in [1.54, 1.807) is 31.6 Å². The molecule has 1 atom stereocenters. The van der Waals surface area contributed by atoms with Gasteiger partial charge in [-0.05, 0) is 40.1 Å². The van der Waals surface area contributed by atoms with Gasteiger partial charge >= 0.3 is 7.48 Å². The summed E-state index contributed by atoms with van der Waals surface area (Å²) in [5.74, 6) is 0. The lowest BCUT2D eigenvalue weighted by molar-refractivity contribution is -0.0893. The average Bonchev–Trinajstić information content (AvgIpc) is 2.60. The largest absolute Gasteiger partial charge is 0.427 e. The molecule has 0 saturated carbocycles. The summed E-state index contributed by atoms with van der Waals surface area (Å²) in [5, 5.41) is 23.4. The third kappa shape index (κ3) is 4.12. The third-order valence-electron chi connectivity index (χ3n) is 3.21. The van der Waals surface area contributed by atoms with Crippen LogP contribution in [0.3, 0.4) is 0 Å². The van der Waals surface area contributed by atoms with Crippen LogP contribution in [-0.4, -0.2) is 44.8 Å². The first-order valence-corrected chi connectivity index (χ1v) is 6.17. The zero-order chi connectivity index (χ0) is 14.0. The fraction of sp³-hybridized carbons (Fsp3) is 0.750. The van der Waals surface area contributed by atoms with Crippen molar-refractivity contribution in [1.29, 1.82) is 0 Å². The Morgan fingerprint density at radius 1 is 1.44 bits per heavy atom. The lowest BCUT2D eigenvalue weighted by Crippen LogP contribution is -2.49. The maximum atomic E-state index is 9.97. The van der Waals surface area contributed by atoms with Gasteiger partial charge in [-0.25, -0.2) is 0 Å². The molecule has 0 aliphatic carbocycles. The van der Waals surface area contributed by atoms with Gasteiger partial charge in [0.15, 0.2) is 0 Å². The van der Waals surface area contributed by atoms with E-state index in [9.17, 15) is 10.2 Å². The van der Waals surface area contributed by atoms with E-state index < -0.39 is 17.3 Å². The first kappa shape index (κ1) is 15.2. The molecule has 1 aromatic heterocycles. The van der Waals surface area contributed by atoms with Crippen LogP contribution in [0.4, 0.5) is 0 Å². The van der Waals surface area contributed by atoms with E-state index in [0.717, 1.165) is 5.46 Å². The normalized spacial score (nSPS) is 14.6. The summed E-state index contributed by atoms with van der Waals surface area (Å²) in [6.45, 7) is 9.35. The number of hydrogen-bond acceptors (Lipinski definition) is 4. The number of hydrogen-bond donors (Lipinski definition) is 2. The Balaban J connectivity index is 2.56. The van der Waals surface area contributed by atoms with Crippen LogP contribution in [0.1, 0.15) is 34.6 Å². The molecule has 0 spiro atoms. The molecule has 1 unspecified atom stereocenters. The van der Waals surface area contributed by atoms with Crippen LogP contribution in [0.15, 0.2) is 12.4 Å². The summed E-state index contributed by atoms with van der Waals surface area (Å²) in [7, 11) is 0.386. The lowest BCUT2D eigenvalue weighted by atomic mass is 9.84. The number of rotatable bonds is 6. The quantitative estimate of drug-likeness (QED) is 0.690. The Kier molecular flexibility index (Phi) is 4.58. The van der Waals surface area contributed by atoms with Gasteiger partial charge < -0.3 is 14.9 Å². The van der Waals surface area contributed by atoms with Gasteiger partial charge in [0.1, 0.15) is 0 Å². The highest BCUT2D eigenvalue weighted by molar-refractivity contribution is 6.46. The Labute approximate surface area is 109 Å². The van der Waals surface area contributed by atoms with Crippen molar-refractivity contribution in [3.05, 3.63) is 12.4 Å². The van der Waals surface area contributed by atoms with Crippen molar-refractivity contribution in [2.45, 2.75) is 58.5 Å². The highest BCUT2D eigenvalue weighted by atomic mass is 16.5. The minimum absolute atomic E-state index is 0.386. The number of aromatic nitrogens is 2. The van der Waals surface area contributed by atoms with Gasteiger partial charge in [0, 0.05) is 12.4 Å². The molecule has 0 aliphatic rings. The van der Waals surface area contributed by atoms with Gasteiger partial charge in [-0.1, -0.05) is 0 Å². The minimum atomic E-state index is -0.914. The third-order valence-corrected chi connectivity index (χ3v) is 3.21. The van der Waals surface area contributed by atoms with Gasteiger partial charge in [0.05, 0.1) is 23.9 Å². The van der Waals surface area contributed by atoms with Crippen molar-refractivity contribution in [3.63, 3.8) is 0 Å². The van der Waals surface area contributed by atoms with Gasteiger partial charge in [-0.2, -0.15) is 5.10 Å². The van der Waals surface area contributed by atoms with Crippen LogP contribution in [0.25, 0.3) is 0 Å². The van der Waals surface area contributed by atoms with E-state index in [4.69, 9.17) is 4.65 Å². The number of aliphatic hydroxyl groups excluding tert-OH is 1. The van der Waals surface area contributed by atoms with Crippen LogP contribution in [0.2, 0.25) is 0 Å². The van der Waals surface area contributed by atoms with Gasteiger partial charge in [0.2, 0.25) is 0 Å². The zero-order valence-corrected chi connectivity index (χ0v) is 11.8. The van der Waals surface area contributed by atoms with Crippen molar-refractivity contribution in [3.8, 4) is 0 Å². The summed E-state index contributed by atoms with van der Waals surface area (Å²) in [5.41, 5.74) is -0.630. The molecule has 5 nitrogen and oxygen atoms in total.